The van der Waals surface area contributed by atoms with Crippen molar-refractivity contribution in [1.82, 2.24) is 0 Å². The van der Waals surface area contributed by atoms with Crippen LogP contribution in [0.15, 0.2) is 42.5 Å². The SMILES string of the molecule is N#Cc1ccc(C(=O)Nc2ccc([N+](=O)[O-])c(F)c2)cc1. The van der Waals surface area contributed by atoms with Gasteiger partial charge in [0, 0.05) is 23.4 Å². The van der Waals surface area contributed by atoms with Crippen molar-refractivity contribution < 1.29 is 14.1 Å². The highest BCUT2D eigenvalue weighted by atomic mass is 19.1. The number of nitro benzene ring substituents is 1. The molecule has 1 amide bonds. The smallest absolute Gasteiger partial charge is 0.304 e. The van der Waals surface area contributed by atoms with Crippen molar-refractivity contribution in [3.63, 3.8) is 0 Å². The van der Waals surface area contributed by atoms with E-state index >= 15 is 0 Å². The minimum absolute atomic E-state index is 0.104. The van der Waals surface area contributed by atoms with E-state index in [1.165, 1.54) is 30.3 Å². The maximum absolute atomic E-state index is 13.4. The Bertz CT molecular complexity index is 751. The first kappa shape index (κ1) is 14.1. The predicted molar refractivity (Wildman–Crippen MR) is 72.2 cm³/mol. The van der Waals surface area contributed by atoms with Crippen LogP contribution in [0.5, 0.6) is 0 Å². The van der Waals surface area contributed by atoms with Gasteiger partial charge >= 0.3 is 5.69 Å². The van der Waals surface area contributed by atoms with Gasteiger partial charge in [0.2, 0.25) is 5.82 Å². The predicted octanol–water partition coefficient (Wildman–Crippen LogP) is 2.86. The van der Waals surface area contributed by atoms with Gasteiger partial charge in [-0.1, -0.05) is 0 Å². The Hall–Kier alpha value is -3.27. The van der Waals surface area contributed by atoms with Gasteiger partial charge in [-0.25, -0.2) is 0 Å². The minimum atomic E-state index is -1.03. The van der Waals surface area contributed by atoms with Crippen LogP contribution >= 0.6 is 0 Å². The molecule has 1 N–H and O–H groups in total. The molecule has 0 aliphatic heterocycles. The van der Waals surface area contributed by atoms with Crippen LogP contribution in [-0.2, 0) is 0 Å². The second kappa shape index (κ2) is 5.79. The highest BCUT2D eigenvalue weighted by Gasteiger charge is 2.15. The topological polar surface area (TPSA) is 96.0 Å². The summed E-state index contributed by atoms with van der Waals surface area (Å²) in [6, 6.07) is 10.9. The van der Waals surface area contributed by atoms with Crippen LogP contribution in [0.3, 0.4) is 0 Å². The van der Waals surface area contributed by atoms with Crippen molar-refractivity contribution in [1.29, 1.82) is 5.26 Å². The molecule has 2 aromatic carbocycles. The van der Waals surface area contributed by atoms with E-state index in [1.54, 1.807) is 0 Å². The fourth-order valence-electron chi connectivity index (χ4n) is 1.63. The number of rotatable bonds is 3. The van der Waals surface area contributed by atoms with Crippen molar-refractivity contribution >= 4 is 17.3 Å². The number of carbonyl (C=O) groups is 1. The van der Waals surface area contributed by atoms with Gasteiger partial charge in [-0.3, -0.25) is 14.9 Å². The number of anilines is 1. The van der Waals surface area contributed by atoms with Crippen LogP contribution in [0.1, 0.15) is 15.9 Å². The van der Waals surface area contributed by atoms with E-state index in [1.807, 2.05) is 6.07 Å². The summed E-state index contributed by atoms with van der Waals surface area (Å²) in [6.07, 6.45) is 0. The zero-order chi connectivity index (χ0) is 15.4. The summed E-state index contributed by atoms with van der Waals surface area (Å²) in [5.41, 5.74) is 0.138. The van der Waals surface area contributed by atoms with Crippen molar-refractivity contribution in [2.45, 2.75) is 0 Å². The summed E-state index contributed by atoms with van der Waals surface area (Å²) in [4.78, 5) is 21.5. The number of benzene rings is 2. The largest absolute Gasteiger partial charge is 0.322 e. The summed E-state index contributed by atoms with van der Waals surface area (Å²) in [5, 5.41) is 21.6. The van der Waals surface area contributed by atoms with Crippen molar-refractivity contribution in [2.75, 3.05) is 5.32 Å². The fraction of sp³-hybridized carbons (Fsp3) is 0. The normalized spacial score (nSPS) is 9.71. The van der Waals surface area contributed by atoms with Gasteiger partial charge in [0.15, 0.2) is 0 Å². The molecule has 0 fully saturated rings. The van der Waals surface area contributed by atoms with E-state index in [9.17, 15) is 19.3 Å². The van der Waals surface area contributed by atoms with Gasteiger partial charge in [0.1, 0.15) is 0 Å². The number of nitrogens with zero attached hydrogens (tertiary/aromatic N) is 2. The monoisotopic (exact) mass is 285 g/mol. The molecule has 0 radical (unpaired) electrons. The lowest BCUT2D eigenvalue weighted by atomic mass is 10.1. The Kier molecular flexibility index (Phi) is 3.90. The summed E-state index contributed by atoms with van der Waals surface area (Å²) >= 11 is 0. The number of hydrogen-bond donors (Lipinski definition) is 1. The molecule has 0 aliphatic rings. The average Bonchev–Trinajstić information content (AvgIpc) is 2.47. The molecular formula is C14H8FN3O3. The van der Waals surface area contributed by atoms with Crippen LogP contribution in [-0.4, -0.2) is 10.8 Å². The molecule has 2 aromatic rings. The molecule has 7 heteroatoms. The highest BCUT2D eigenvalue weighted by molar-refractivity contribution is 6.04. The van der Waals surface area contributed by atoms with Crippen molar-refractivity contribution in [3.8, 4) is 6.07 Å². The molecule has 0 spiro atoms. The molecule has 0 aromatic heterocycles. The number of nitrogens with one attached hydrogen (secondary N) is 1. The number of amides is 1. The quantitative estimate of drug-likeness (QED) is 0.692. The Morgan fingerprint density at radius 2 is 1.90 bits per heavy atom. The van der Waals surface area contributed by atoms with E-state index in [0.29, 0.717) is 5.56 Å². The molecule has 2 rings (SSSR count). The van der Waals surface area contributed by atoms with Crippen LogP contribution in [0, 0.1) is 27.3 Å². The molecular weight excluding hydrogens is 277 g/mol. The molecule has 0 heterocycles. The number of carbonyl (C=O) groups excluding carboxylic acids is 1. The first-order valence-corrected chi connectivity index (χ1v) is 5.76. The molecule has 0 unspecified atom stereocenters. The lowest BCUT2D eigenvalue weighted by Gasteiger charge is -2.05. The maximum Gasteiger partial charge on any atom is 0.304 e. The van der Waals surface area contributed by atoms with Crippen molar-refractivity contribution in [2.24, 2.45) is 0 Å². The highest BCUT2D eigenvalue weighted by Crippen LogP contribution is 2.21. The first-order valence-electron chi connectivity index (χ1n) is 5.76. The van der Waals surface area contributed by atoms with Crippen LogP contribution < -0.4 is 5.32 Å². The molecule has 0 saturated heterocycles. The van der Waals surface area contributed by atoms with Crippen LogP contribution in [0.4, 0.5) is 15.8 Å². The van der Waals surface area contributed by atoms with E-state index in [-0.39, 0.29) is 11.3 Å². The van der Waals surface area contributed by atoms with E-state index < -0.39 is 22.3 Å². The van der Waals surface area contributed by atoms with E-state index in [2.05, 4.69) is 5.32 Å². The van der Waals surface area contributed by atoms with Gasteiger partial charge in [-0.15, -0.1) is 0 Å². The summed E-state index contributed by atoms with van der Waals surface area (Å²) < 4.78 is 13.4. The molecule has 0 aliphatic carbocycles. The molecule has 104 valence electrons. The second-order valence-electron chi connectivity index (χ2n) is 4.07. The molecule has 6 nitrogen and oxygen atoms in total. The molecule has 0 bridgehead atoms. The summed E-state index contributed by atoms with van der Waals surface area (Å²) in [5.74, 6) is -1.54. The van der Waals surface area contributed by atoms with Gasteiger partial charge in [0.05, 0.1) is 16.6 Å². The van der Waals surface area contributed by atoms with Crippen LogP contribution in [0.25, 0.3) is 0 Å². The van der Waals surface area contributed by atoms with Gasteiger partial charge in [-0.2, -0.15) is 9.65 Å². The summed E-state index contributed by atoms with van der Waals surface area (Å²) in [6.45, 7) is 0. The standard InChI is InChI=1S/C14H8FN3O3/c15-12-7-11(5-6-13(12)18(20)21)17-14(19)10-3-1-9(8-16)2-4-10/h1-7H,(H,17,19). The zero-order valence-electron chi connectivity index (χ0n) is 10.5. The van der Waals surface area contributed by atoms with Crippen LogP contribution in [0.2, 0.25) is 0 Å². The molecule has 0 atom stereocenters. The number of hydrogen-bond acceptors (Lipinski definition) is 4. The third-order valence-electron chi connectivity index (χ3n) is 2.68. The van der Waals surface area contributed by atoms with Gasteiger partial charge in [-0.05, 0) is 30.3 Å². The Morgan fingerprint density at radius 1 is 1.24 bits per heavy atom. The average molecular weight is 285 g/mol. The Labute approximate surface area is 118 Å². The van der Waals surface area contributed by atoms with Crippen molar-refractivity contribution in [3.05, 3.63) is 69.5 Å². The third-order valence-corrected chi connectivity index (χ3v) is 2.68. The summed E-state index contributed by atoms with van der Waals surface area (Å²) in [7, 11) is 0. The molecule has 21 heavy (non-hydrogen) atoms. The first-order chi connectivity index (χ1) is 10.0. The zero-order valence-corrected chi connectivity index (χ0v) is 10.5. The fourth-order valence-corrected chi connectivity index (χ4v) is 1.63. The van der Waals surface area contributed by atoms with Gasteiger partial charge < -0.3 is 5.32 Å². The third kappa shape index (κ3) is 3.19. The Morgan fingerprint density at radius 3 is 2.43 bits per heavy atom. The number of nitriles is 1. The minimum Gasteiger partial charge on any atom is -0.322 e. The van der Waals surface area contributed by atoms with E-state index in [4.69, 9.17) is 5.26 Å². The lowest BCUT2D eigenvalue weighted by Crippen LogP contribution is -2.12. The van der Waals surface area contributed by atoms with Gasteiger partial charge in [0.25, 0.3) is 5.91 Å². The lowest BCUT2D eigenvalue weighted by molar-refractivity contribution is -0.387. The Balaban J connectivity index is 2.17. The van der Waals surface area contributed by atoms with E-state index in [0.717, 1.165) is 12.1 Å². The maximum atomic E-state index is 13.4. The number of halogens is 1. The second-order valence-corrected chi connectivity index (χ2v) is 4.07. The number of nitro groups is 1. The molecule has 0 saturated carbocycles.